The van der Waals surface area contributed by atoms with Crippen molar-refractivity contribution in [3.63, 3.8) is 0 Å². The molecule has 0 radical (unpaired) electrons. The number of hydrogen-bond donors (Lipinski definition) is 0. The second kappa shape index (κ2) is 5.21. The Morgan fingerprint density at radius 3 is 3.00 bits per heavy atom. The van der Waals surface area contributed by atoms with Crippen LogP contribution in [0.1, 0.15) is 20.3 Å². The van der Waals surface area contributed by atoms with Crippen molar-refractivity contribution in [3.8, 4) is 0 Å². The molecule has 13 heavy (non-hydrogen) atoms. The highest BCUT2D eigenvalue weighted by molar-refractivity contribution is 4.82. The lowest BCUT2D eigenvalue weighted by Gasteiger charge is -2.29. The van der Waals surface area contributed by atoms with Crippen LogP contribution in [0, 0.1) is 6.57 Å². The molecule has 0 N–H and O–H groups in total. The van der Waals surface area contributed by atoms with Gasteiger partial charge in [-0.15, -0.1) is 0 Å². The summed E-state index contributed by atoms with van der Waals surface area (Å²) in [5.41, 5.74) is 0. The van der Waals surface area contributed by atoms with E-state index in [1.807, 2.05) is 0 Å². The Morgan fingerprint density at radius 1 is 1.62 bits per heavy atom. The van der Waals surface area contributed by atoms with E-state index in [4.69, 9.17) is 11.3 Å². The quantitative estimate of drug-likeness (QED) is 0.600. The van der Waals surface area contributed by atoms with E-state index >= 15 is 0 Å². The van der Waals surface area contributed by atoms with Crippen LogP contribution >= 0.6 is 0 Å². The van der Waals surface area contributed by atoms with Crippen molar-refractivity contribution in [2.75, 3.05) is 26.3 Å². The van der Waals surface area contributed by atoms with Crippen LogP contribution in [0.2, 0.25) is 0 Å². The molecule has 1 atom stereocenters. The minimum absolute atomic E-state index is 0.306. The van der Waals surface area contributed by atoms with Crippen LogP contribution in [0.15, 0.2) is 0 Å². The van der Waals surface area contributed by atoms with Crippen LogP contribution in [0.3, 0.4) is 0 Å². The maximum absolute atomic E-state index is 6.88. The van der Waals surface area contributed by atoms with Gasteiger partial charge in [-0.05, 0) is 20.3 Å². The van der Waals surface area contributed by atoms with Crippen molar-refractivity contribution in [1.29, 1.82) is 0 Å². The molecule has 0 saturated carbocycles. The van der Waals surface area contributed by atoms with Crippen LogP contribution in [-0.4, -0.2) is 43.3 Å². The summed E-state index contributed by atoms with van der Waals surface area (Å²) < 4.78 is 5.46. The highest BCUT2D eigenvalue weighted by Gasteiger charge is 2.25. The summed E-state index contributed by atoms with van der Waals surface area (Å²) in [4.78, 5) is 5.84. The lowest BCUT2D eigenvalue weighted by molar-refractivity contribution is 0.0944. The van der Waals surface area contributed by atoms with E-state index in [0.29, 0.717) is 18.6 Å². The third-order valence-electron chi connectivity index (χ3n) is 2.45. The molecule has 0 amide bonds. The number of nitrogens with zero attached hydrogens (tertiary/aromatic N) is 2. The molecule has 0 aromatic carbocycles. The molecule has 1 unspecified atom stereocenters. The van der Waals surface area contributed by atoms with Gasteiger partial charge in [-0.25, -0.2) is 6.57 Å². The zero-order chi connectivity index (χ0) is 9.68. The summed E-state index contributed by atoms with van der Waals surface area (Å²) >= 11 is 0. The Hall–Kier alpha value is -0.590. The van der Waals surface area contributed by atoms with Crippen molar-refractivity contribution in [2.45, 2.75) is 32.4 Å². The molecule has 3 heteroatoms. The molecule has 74 valence electrons. The molecule has 1 aliphatic heterocycles. The summed E-state index contributed by atoms with van der Waals surface area (Å²) in [7, 11) is 0. The number of hydrogen-bond acceptors (Lipinski definition) is 2. The summed E-state index contributed by atoms with van der Waals surface area (Å²) in [5, 5.41) is 0. The monoisotopic (exact) mass is 182 g/mol. The Bertz CT molecular complexity index is 186. The predicted octanol–water partition coefficient (Wildman–Crippen LogP) is 1.40. The second-order valence-electron chi connectivity index (χ2n) is 3.75. The molecule has 1 aliphatic rings. The van der Waals surface area contributed by atoms with Gasteiger partial charge in [0.1, 0.15) is 6.04 Å². The first-order valence-corrected chi connectivity index (χ1v) is 4.92. The summed E-state index contributed by atoms with van der Waals surface area (Å²) in [5.74, 6) is 0. The summed E-state index contributed by atoms with van der Waals surface area (Å²) in [6, 6.07) is 0.827. The maximum Gasteiger partial charge on any atom is 0.232 e. The van der Waals surface area contributed by atoms with Crippen molar-refractivity contribution < 1.29 is 4.74 Å². The van der Waals surface area contributed by atoms with E-state index in [1.54, 1.807) is 0 Å². The van der Waals surface area contributed by atoms with E-state index in [0.717, 1.165) is 26.2 Å². The van der Waals surface area contributed by atoms with Gasteiger partial charge < -0.3 is 9.58 Å². The molecule has 0 aliphatic carbocycles. The standard InChI is InChI=1S/C10H18N2O/c1-9(2)12-5-4-6-13-8-10(12)7-11-3/h9-10H,4-8H2,1-2H3. The first-order valence-electron chi connectivity index (χ1n) is 4.92. The van der Waals surface area contributed by atoms with E-state index in [1.165, 1.54) is 0 Å². The van der Waals surface area contributed by atoms with Crippen LogP contribution in [0.4, 0.5) is 0 Å². The van der Waals surface area contributed by atoms with Gasteiger partial charge in [-0.2, -0.15) is 0 Å². The Morgan fingerprint density at radius 2 is 2.38 bits per heavy atom. The average molecular weight is 182 g/mol. The van der Waals surface area contributed by atoms with E-state index in [2.05, 4.69) is 23.6 Å². The van der Waals surface area contributed by atoms with Gasteiger partial charge >= 0.3 is 0 Å². The topological polar surface area (TPSA) is 16.8 Å². The third kappa shape index (κ3) is 2.98. The van der Waals surface area contributed by atoms with Crippen LogP contribution < -0.4 is 0 Å². The largest absolute Gasteiger partial charge is 0.379 e. The fraction of sp³-hybridized carbons (Fsp3) is 0.900. The van der Waals surface area contributed by atoms with Crippen molar-refractivity contribution in [3.05, 3.63) is 11.4 Å². The maximum atomic E-state index is 6.88. The van der Waals surface area contributed by atoms with E-state index in [-0.39, 0.29) is 0 Å². The van der Waals surface area contributed by atoms with Crippen LogP contribution in [-0.2, 0) is 4.74 Å². The number of ether oxygens (including phenoxy) is 1. The lowest BCUT2D eigenvalue weighted by atomic mass is 10.2. The normalized spacial score (nSPS) is 25.5. The molecule has 0 aromatic heterocycles. The lowest BCUT2D eigenvalue weighted by Crippen LogP contribution is -2.43. The molecule has 0 aromatic rings. The summed E-state index contributed by atoms with van der Waals surface area (Å²) in [6.07, 6.45) is 1.09. The first-order chi connectivity index (χ1) is 6.25. The molecule has 3 nitrogen and oxygen atoms in total. The second-order valence-corrected chi connectivity index (χ2v) is 3.75. The van der Waals surface area contributed by atoms with Gasteiger partial charge in [-0.1, -0.05) is 0 Å². The molecule has 1 fully saturated rings. The number of rotatable bonds is 2. The van der Waals surface area contributed by atoms with Gasteiger partial charge in [0.2, 0.25) is 6.54 Å². The first kappa shape index (κ1) is 10.5. The average Bonchev–Trinajstić information content (AvgIpc) is 2.30. The molecule has 1 rings (SSSR count). The minimum Gasteiger partial charge on any atom is -0.379 e. The van der Waals surface area contributed by atoms with E-state index < -0.39 is 0 Å². The van der Waals surface area contributed by atoms with Gasteiger partial charge in [0.05, 0.1) is 6.61 Å². The molecule has 1 heterocycles. The predicted molar refractivity (Wildman–Crippen MR) is 52.5 cm³/mol. The smallest absolute Gasteiger partial charge is 0.232 e. The zero-order valence-corrected chi connectivity index (χ0v) is 8.49. The third-order valence-corrected chi connectivity index (χ3v) is 2.45. The highest BCUT2D eigenvalue weighted by atomic mass is 16.5. The molecule has 1 saturated heterocycles. The van der Waals surface area contributed by atoms with Crippen molar-refractivity contribution in [2.24, 2.45) is 0 Å². The molecular formula is C10H18N2O. The van der Waals surface area contributed by atoms with Gasteiger partial charge in [-0.3, -0.25) is 4.90 Å². The molecule has 0 bridgehead atoms. The van der Waals surface area contributed by atoms with Gasteiger partial charge in [0, 0.05) is 19.2 Å². The van der Waals surface area contributed by atoms with Crippen molar-refractivity contribution in [1.82, 2.24) is 4.90 Å². The van der Waals surface area contributed by atoms with Crippen LogP contribution in [0.25, 0.3) is 4.85 Å². The van der Waals surface area contributed by atoms with E-state index in [9.17, 15) is 0 Å². The zero-order valence-electron chi connectivity index (χ0n) is 8.49. The van der Waals surface area contributed by atoms with Gasteiger partial charge in [0.25, 0.3) is 0 Å². The summed E-state index contributed by atoms with van der Waals surface area (Å²) in [6.45, 7) is 14.5. The highest BCUT2D eigenvalue weighted by Crippen LogP contribution is 2.11. The SMILES string of the molecule is [C-]#[N+]CC1COCCCN1C(C)C. The Kier molecular flexibility index (Phi) is 4.20. The van der Waals surface area contributed by atoms with Gasteiger partial charge in [0.15, 0.2) is 0 Å². The Labute approximate surface area is 80.5 Å². The fourth-order valence-electron chi connectivity index (χ4n) is 1.79. The minimum atomic E-state index is 0.306. The molecule has 0 spiro atoms. The molecular weight excluding hydrogens is 164 g/mol. The van der Waals surface area contributed by atoms with Crippen molar-refractivity contribution >= 4 is 0 Å². The fourth-order valence-corrected chi connectivity index (χ4v) is 1.79. The van der Waals surface area contributed by atoms with Crippen LogP contribution in [0.5, 0.6) is 0 Å². The Balaban J connectivity index is 2.56.